The van der Waals surface area contributed by atoms with E-state index in [2.05, 4.69) is 10.4 Å². The van der Waals surface area contributed by atoms with Crippen molar-refractivity contribution in [3.05, 3.63) is 15.8 Å². The van der Waals surface area contributed by atoms with Crippen LogP contribution < -0.4 is 11.1 Å². The number of nitro groups is 1. The van der Waals surface area contributed by atoms with E-state index in [9.17, 15) is 10.1 Å². The normalized spacial score (nSPS) is 23.3. The van der Waals surface area contributed by atoms with Gasteiger partial charge in [-0.15, -0.1) is 0 Å². The molecule has 0 bridgehead atoms. The summed E-state index contributed by atoms with van der Waals surface area (Å²) in [5.74, 6) is 0.493. The molecule has 0 unspecified atom stereocenters. The lowest BCUT2D eigenvalue weighted by Crippen LogP contribution is -2.43. The van der Waals surface area contributed by atoms with Gasteiger partial charge in [-0.25, -0.2) is 4.68 Å². The Kier molecular flexibility index (Phi) is 4.04. The molecule has 7 nitrogen and oxygen atoms in total. The van der Waals surface area contributed by atoms with E-state index in [4.69, 9.17) is 5.73 Å². The summed E-state index contributed by atoms with van der Waals surface area (Å²) < 4.78 is 1.65. The maximum absolute atomic E-state index is 11.2. The average Bonchev–Trinajstić information content (AvgIpc) is 2.68. The second kappa shape index (κ2) is 5.56. The number of anilines is 1. The molecule has 1 fully saturated rings. The SMILES string of the molecule is CCn1nc(C)c([N+](=O)[O-])c1N[C@@H]1CCCC[C@H]1N. The number of nitrogens with one attached hydrogen (secondary N) is 1. The molecule has 1 aliphatic rings. The van der Waals surface area contributed by atoms with Gasteiger partial charge in [-0.05, 0) is 26.7 Å². The minimum Gasteiger partial charge on any atom is -0.360 e. The lowest BCUT2D eigenvalue weighted by atomic mass is 9.91. The van der Waals surface area contributed by atoms with Crippen molar-refractivity contribution in [2.45, 2.75) is 58.2 Å². The first kappa shape index (κ1) is 13.8. The van der Waals surface area contributed by atoms with Crippen molar-refractivity contribution in [3.63, 3.8) is 0 Å². The Bertz CT molecular complexity index is 471. The lowest BCUT2D eigenvalue weighted by Gasteiger charge is -2.29. The fraction of sp³-hybridized carbons (Fsp3) is 0.750. The van der Waals surface area contributed by atoms with Crippen LogP contribution in [0.5, 0.6) is 0 Å². The summed E-state index contributed by atoms with van der Waals surface area (Å²) in [6, 6.07) is 0.141. The van der Waals surface area contributed by atoms with Crippen molar-refractivity contribution >= 4 is 11.5 Å². The highest BCUT2D eigenvalue weighted by atomic mass is 16.6. The Morgan fingerprint density at radius 2 is 2.21 bits per heavy atom. The van der Waals surface area contributed by atoms with E-state index in [1.54, 1.807) is 11.6 Å². The first-order chi connectivity index (χ1) is 9.04. The topological polar surface area (TPSA) is 99.0 Å². The van der Waals surface area contributed by atoms with E-state index in [1.165, 1.54) is 0 Å². The Labute approximate surface area is 112 Å². The van der Waals surface area contributed by atoms with E-state index >= 15 is 0 Å². The van der Waals surface area contributed by atoms with E-state index in [1.807, 2.05) is 6.92 Å². The Balaban J connectivity index is 2.29. The first-order valence-corrected chi connectivity index (χ1v) is 6.78. The maximum atomic E-state index is 11.2. The molecule has 0 aromatic carbocycles. The van der Waals surface area contributed by atoms with Gasteiger partial charge in [-0.2, -0.15) is 5.10 Å². The van der Waals surface area contributed by atoms with Crippen LogP contribution >= 0.6 is 0 Å². The van der Waals surface area contributed by atoms with Gasteiger partial charge in [0.25, 0.3) is 0 Å². The highest BCUT2D eigenvalue weighted by Gasteiger charge is 2.29. The van der Waals surface area contributed by atoms with Crippen molar-refractivity contribution in [2.75, 3.05) is 5.32 Å². The van der Waals surface area contributed by atoms with Crippen molar-refractivity contribution in [3.8, 4) is 0 Å². The van der Waals surface area contributed by atoms with E-state index < -0.39 is 0 Å². The van der Waals surface area contributed by atoms with Crippen LogP contribution in [0, 0.1) is 17.0 Å². The molecule has 7 heteroatoms. The maximum Gasteiger partial charge on any atom is 0.333 e. The molecule has 0 amide bonds. The summed E-state index contributed by atoms with van der Waals surface area (Å²) in [5, 5.41) is 18.6. The third-order valence-electron chi connectivity index (χ3n) is 3.72. The molecule has 1 aromatic rings. The molecule has 1 heterocycles. The largest absolute Gasteiger partial charge is 0.360 e. The summed E-state index contributed by atoms with van der Waals surface area (Å²) >= 11 is 0. The lowest BCUT2D eigenvalue weighted by molar-refractivity contribution is -0.384. The molecule has 0 aliphatic heterocycles. The number of nitrogens with zero attached hydrogens (tertiary/aromatic N) is 3. The van der Waals surface area contributed by atoms with Crippen molar-refractivity contribution in [1.29, 1.82) is 0 Å². The van der Waals surface area contributed by atoms with Crippen LogP contribution in [-0.2, 0) is 6.54 Å². The zero-order chi connectivity index (χ0) is 14.0. The Morgan fingerprint density at radius 1 is 1.53 bits per heavy atom. The van der Waals surface area contributed by atoms with Crippen LogP contribution in [0.25, 0.3) is 0 Å². The molecule has 2 atom stereocenters. The Hall–Kier alpha value is -1.63. The first-order valence-electron chi connectivity index (χ1n) is 6.78. The van der Waals surface area contributed by atoms with E-state index in [0.717, 1.165) is 25.7 Å². The Morgan fingerprint density at radius 3 is 2.79 bits per heavy atom. The average molecular weight is 267 g/mol. The van der Waals surface area contributed by atoms with Crippen molar-refractivity contribution in [2.24, 2.45) is 5.73 Å². The summed E-state index contributed by atoms with van der Waals surface area (Å²) in [6.07, 6.45) is 4.16. The molecular formula is C12H21N5O2. The third-order valence-corrected chi connectivity index (χ3v) is 3.72. The minimum atomic E-state index is -0.370. The van der Waals surface area contributed by atoms with Crippen molar-refractivity contribution in [1.82, 2.24) is 9.78 Å². The van der Waals surface area contributed by atoms with Gasteiger partial charge < -0.3 is 11.1 Å². The molecule has 0 spiro atoms. The highest BCUT2D eigenvalue weighted by Crippen LogP contribution is 2.30. The molecule has 1 aromatic heterocycles. The minimum absolute atomic E-state index is 0.0499. The zero-order valence-electron chi connectivity index (χ0n) is 11.4. The van der Waals surface area contributed by atoms with Crippen LogP contribution in [0.1, 0.15) is 38.3 Å². The molecule has 0 radical (unpaired) electrons. The van der Waals surface area contributed by atoms with Gasteiger partial charge in [0, 0.05) is 18.6 Å². The molecule has 2 rings (SSSR count). The van der Waals surface area contributed by atoms with Crippen LogP contribution in [0.15, 0.2) is 0 Å². The van der Waals surface area contributed by atoms with Crippen LogP contribution in [0.4, 0.5) is 11.5 Å². The highest BCUT2D eigenvalue weighted by molar-refractivity contribution is 5.60. The summed E-state index contributed by atoms with van der Waals surface area (Å²) in [5.41, 5.74) is 6.60. The van der Waals surface area contributed by atoms with Gasteiger partial charge in [0.1, 0.15) is 5.69 Å². The van der Waals surface area contributed by atoms with Crippen LogP contribution in [-0.4, -0.2) is 26.8 Å². The van der Waals surface area contributed by atoms with Gasteiger partial charge in [0.2, 0.25) is 5.82 Å². The molecular weight excluding hydrogens is 246 g/mol. The number of aryl methyl sites for hydroxylation is 2. The van der Waals surface area contributed by atoms with Gasteiger partial charge in [-0.1, -0.05) is 12.8 Å². The van der Waals surface area contributed by atoms with Crippen LogP contribution in [0.3, 0.4) is 0 Å². The smallest absolute Gasteiger partial charge is 0.333 e. The molecule has 19 heavy (non-hydrogen) atoms. The fourth-order valence-corrected chi connectivity index (χ4v) is 2.68. The summed E-state index contributed by atoms with van der Waals surface area (Å²) in [6.45, 7) is 4.18. The van der Waals surface area contributed by atoms with Gasteiger partial charge in [0.05, 0.1) is 4.92 Å². The quantitative estimate of drug-likeness (QED) is 0.640. The van der Waals surface area contributed by atoms with Gasteiger partial charge in [-0.3, -0.25) is 10.1 Å². The predicted molar refractivity (Wildman–Crippen MR) is 73.1 cm³/mol. The number of nitrogens with two attached hydrogens (primary N) is 1. The predicted octanol–water partition coefficient (Wildman–Crippen LogP) is 1.80. The van der Waals surface area contributed by atoms with Crippen molar-refractivity contribution < 1.29 is 4.92 Å². The third kappa shape index (κ3) is 2.70. The monoisotopic (exact) mass is 267 g/mol. The number of aromatic nitrogens is 2. The molecule has 3 N–H and O–H groups in total. The van der Waals surface area contributed by atoms with Gasteiger partial charge in [0.15, 0.2) is 0 Å². The zero-order valence-corrected chi connectivity index (χ0v) is 11.4. The second-order valence-electron chi connectivity index (χ2n) is 5.05. The molecule has 0 saturated heterocycles. The molecule has 106 valence electrons. The summed E-state index contributed by atoms with van der Waals surface area (Å²) in [4.78, 5) is 10.8. The summed E-state index contributed by atoms with van der Waals surface area (Å²) in [7, 11) is 0. The number of hydrogen-bond donors (Lipinski definition) is 2. The van der Waals surface area contributed by atoms with Gasteiger partial charge >= 0.3 is 5.69 Å². The number of rotatable bonds is 4. The molecule has 1 aliphatic carbocycles. The van der Waals surface area contributed by atoms with E-state index in [-0.39, 0.29) is 22.7 Å². The number of hydrogen-bond acceptors (Lipinski definition) is 5. The standard InChI is InChI=1S/C12H21N5O2/c1-3-16-12(11(17(18)19)8(2)15-16)14-10-7-5-4-6-9(10)13/h9-10,14H,3-7,13H2,1-2H3/t9-,10-/m1/s1. The molecule has 1 saturated carbocycles. The van der Waals surface area contributed by atoms with Crippen LogP contribution in [0.2, 0.25) is 0 Å². The fourth-order valence-electron chi connectivity index (χ4n) is 2.68. The van der Waals surface area contributed by atoms with E-state index in [0.29, 0.717) is 18.1 Å². The second-order valence-corrected chi connectivity index (χ2v) is 5.05.